The molecular weight excluding hydrogens is 489 g/mol. The topological polar surface area (TPSA) is 103 Å². The minimum absolute atomic E-state index is 0.109. The molecule has 0 spiro atoms. The number of carbonyl (C=O) groups excluding carboxylic acids is 1. The Kier molecular flexibility index (Phi) is 6.39. The molecule has 0 saturated carbocycles. The van der Waals surface area contributed by atoms with E-state index < -0.39 is 47.7 Å². The smallest absolute Gasteiger partial charge is 0.333 e. The summed E-state index contributed by atoms with van der Waals surface area (Å²) in [5.41, 5.74) is -1.25. The molecule has 0 aliphatic carbocycles. The van der Waals surface area contributed by atoms with Crippen molar-refractivity contribution in [3.8, 4) is 0 Å². The third kappa shape index (κ3) is 4.78. The monoisotopic (exact) mass is 506 g/mol. The summed E-state index contributed by atoms with van der Waals surface area (Å²) in [6, 6.07) is 5.20. The molecule has 2 heterocycles. The Labute approximate surface area is 200 Å². The van der Waals surface area contributed by atoms with Gasteiger partial charge >= 0.3 is 5.69 Å². The van der Waals surface area contributed by atoms with Crippen molar-refractivity contribution in [1.82, 2.24) is 24.2 Å². The quantitative estimate of drug-likeness (QED) is 0.391. The van der Waals surface area contributed by atoms with Gasteiger partial charge in [-0.2, -0.15) is 5.10 Å². The van der Waals surface area contributed by atoms with Crippen molar-refractivity contribution >= 4 is 39.9 Å². The Morgan fingerprint density at radius 2 is 1.74 bits per heavy atom. The van der Waals surface area contributed by atoms with E-state index in [1.54, 1.807) is 30.1 Å². The van der Waals surface area contributed by atoms with Crippen LogP contribution in [0.25, 0.3) is 10.9 Å². The lowest BCUT2D eigenvalue weighted by atomic mass is 10.2. The minimum atomic E-state index is -1.39. The number of likely N-dealkylation sites (N-methyl/N-ethyl adjacent to an activating group) is 1. The summed E-state index contributed by atoms with van der Waals surface area (Å²) in [6.45, 7) is -1.18. The second-order valence-electron chi connectivity index (χ2n) is 7.67. The average molecular weight is 507 g/mol. The van der Waals surface area contributed by atoms with Gasteiger partial charge in [0, 0.05) is 43.4 Å². The van der Waals surface area contributed by atoms with E-state index in [1.807, 2.05) is 0 Å². The zero-order valence-electron chi connectivity index (χ0n) is 18.4. The van der Waals surface area contributed by atoms with Gasteiger partial charge in [0.15, 0.2) is 11.6 Å². The van der Waals surface area contributed by atoms with E-state index in [0.717, 1.165) is 10.6 Å². The molecule has 0 fully saturated rings. The van der Waals surface area contributed by atoms with Gasteiger partial charge in [0.1, 0.15) is 18.2 Å². The molecule has 4 aromatic rings. The molecule has 182 valence electrons. The van der Waals surface area contributed by atoms with Gasteiger partial charge in [-0.15, -0.1) is 0 Å². The fourth-order valence-electron chi connectivity index (χ4n) is 3.50. The first-order chi connectivity index (χ1) is 16.6. The number of hydrogen-bond donors (Lipinski definition) is 2. The van der Waals surface area contributed by atoms with Gasteiger partial charge in [-0.1, -0.05) is 11.6 Å². The highest BCUT2D eigenvalue weighted by atomic mass is 35.5. The molecule has 0 aliphatic heterocycles. The van der Waals surface area contributed by atoms with Crippen LogP contribution in [0.15, 0.2) is 46.1 Å². The number of anilines is 2. The van der Waals surface area contributed by atoms with E-state index >= 15 is 0 Å². The molecule has 0 radical (unpaired) electrons. The Balaban J connectivity index is 1.87. The Morgan fingerprint density at radius 3 is 2.46 bits per heavy atom. The van der Waals surface area contributed by atoms with Crippen LogP contribution < -0.4 is 21.9 Å². The van der Waals surface area contributed by atoms with E-state index in [1.165, 1.54) is 7.05 Å². The molecule has 0 unspecified atom stereocenters. The van der Waals surface area contributed by atoms with Crippen LogP contribution >= 0.6 is 11.6 Å². The summed E-state index contributed by atoms with van der Waals surface area (Å²) in [5, 5.41) is 10.3. The van der Waals surface area contributed by atoms with Crippen molar-refractivity contribution in [2.75, 3.05) is 12.4 Å². The van der Waals surface area contributed by atoms with E-state index in [-0.39, 0.29) is 16.4 Å². The number of hydrogen-bond acceptors (Lipinski definition) is 5. The van der Waals surface area contributed by atoms with Crippen molar-refractivity contribution in [3.63, 3.8) is 0 Å². The molecular formula is C22H18ClF3N6O3. The highest BCUT2D eigenvalue weighted by Gasteiger charge is 2.18. The average Bonchev–Trinajstić information content (AvgIpc) is 3.15. The van der Waals surface area contributed by atoms with Crippen LogP contribution in [0.4, 0.5) is 24.7 Å². The number of halogens is 4. The molecule has 0 bridgehead atoms. The highest BCUT2D eigenvalue weighted by molar-refractivity contribution is 6.34. The molecule has 9 nitrogen and oxygen atoms in total. The van der Waals surface area contributed by atoms with Crippen LogP contribution in [-0.2, 0) is 24.9 Å². The molecule has 13 heteroatoms. The van der Waals surface area contributed by atoms with Crippen molar-refractivity contribution in [2.45, 2.75) is 13.1 Å². The number of rotatable bonds is 6. The first kappa shape index (κ1) is 24.1. The molecule has 2 aromatic heterocycles. The third-order valence-corrected chi connectivity index (χ3v) is 5.56. The minimum Gasteiger partial charge on any atom is -0.358 e. The van der Waals surface area contributed by atoms with Crippen LogP contribution in [0.5, 0.6) is 0 Å². The van der Waals surface area contributed by atoms with Gasteiger partial charge < -0.3 is 10.6 Å². The number of nitrogens with one attached hydrogen (secondary N) is 2. The number of carbonyl (C=O) groups is 1. The summed E-state index contributed by atoms with van der Waals surface area (Å²) in [5.74, 6) is -4.53. The first-order valence-electron chi connectivity index (χ1n) is 10.2. The van der Waals surface area contributed by atoms with Crippen LogP contribution in [0.3, 0.4) is 0 Å². The fourth-order valence-corrected chi connectivity index (χ4v) is 3.70. The van der Waals surface area contributed by atoms with Gasteiger partial charge in [0.25, 0.3) is 5.56 Å². The lowest BCUT2D eigenvalue weighted by molar-refractivity contribution is -0.121. The van der Waals surface area contributed by atoms with Gasteiger partial charge in [-0.05, 0) is 18.2 Å². The van der Waals surface area contributed by atoms with Crippen molar-refractivity contribution in [1.29, 1.82) is 0 Å². The van der Waals surface area contributed by atoms with Crippen molar-refractivity contribution in [3.05, 3.63) is 85.4 Å². The lowest BCUT2D eigenvalue weighted by Crippen LogP contribution is -2.43. The summed E-state index contributed by atoms with van der Waals surface area (Å²) in [6.07, 6.45) is 1.72. The molecule has 0 aliphatic rings. The zero-order chi connectivity index (χ0) is 25.4. The van der Waals surface area contributed by atoms with Crippen molar-refractivity contribution in [2.24, 2.45) is 7.05 Å². The Morgan fingerprint density at radius 1 is 1.03 bits per heavy atom. The van der Waals surface area contributed by atoms with Gasteiger partial charge in [0.05, 0.1) is 22.8 Å². The fraction of sp³-hybridized carbons (Fsp3) is 0.182. The maximum Gasteiger partial charge on any atom is 0.333 e. The van der Waals surface area contributed by atoms with E-state index in [4.69, 9.17) is 11.6 Å². The van der Waals surface area contributed by atoms with Crippen LogP contribution in [0.2, 0.25) is 5.02 Å². The Hall–Kier alpha value is -4.06. The molecule has 2 N–H and O–H groups in total. The van der Waals surface area contributed by atoms with Crippen LogP contribution in [-0.4, -0.2) is 31.9 Å². The molecule has 4 rings (SSSR count). The predicted molar refractivity (Wildman–Crippen MR) is 123 cm³/mol. The second-order valence-corrected chi connectivity index (χ2v) is 8.08. The SMILES string of the molecule is CNC(=O)Cn1c(=O)cc(Nc2cc3cn(C)nc3cc2Cl)n(Cc2cc(F)c(F)cc2F)c1=O. The van der Waals surface area contributed by atoms with Crippen LogP contribution in [0.1, 0.15) is 5.56 Å². The van der Waals surface area contributed by atoms with Crippen molar-refractivity contribution < 1.29 is 18.0 Å². The highest BCUT2D eigenvalue weighted by Crippen LogP contribution is 2.30. The summed E-state index contributed by atoms with van der Waals surface area (Å²) in [7, 11) is 3.05. The third-order valence-electron chi connectivity index (χ3n) is 5.25. The maximum absolute atomic E-state index is 14.4. The second kappa shape index (κ2) is 9.29. The first-order valence-corrected chi connectivity index (χ1v) is 10.5. The number of amides is 1. The van der Waals surface area contributed by atoms with E-state index in [9.17, 15) is 27.6 Å². The number of aromatic nitrogens is 4. The van der Waals surface area contributed by atoms with Crippen LogP contribution in [0, 0.1) is 17.5 Å². The van der Waals surface area contributed by atoms with E-state index in [2.05, 4.69) is 15.7 Å². The standard InChI is InChI=1S/C22H18ClF3N6O3/c1-27-20(33)10-32-21(34)7-19(28-18-4-12-8-30(2)29-17(12)5-13(18)23)31(22(32)35)9-11-3-15(25)16(26)6-14(11)24/h3-8,28H,9-10H2,1-2H3,(H,27,33). The van der Waals surface area contributed by atoms with E-state index in [0.29, 0.717) is 33.3 Å². The summed E-state index contributed by atoms with van der Waals surface area (Å²) < 4.78 is 44.7. The largest absolute Gasteiger partial charge is 0.358 e. The Bertz CT molecular complexity index is 1590. The molecule has 35 heavy (non-hydrogen) atoms. The maximum atomic E-state index is 14.4. The molecule has 0 atom stereocenters. The summed E-state index contributed by atoms with van der Waals surface area (Å²) in [4.78, 5) is 37.7. The number of nitrogens with zero attached hydrogens (tertiary/aromatic N) is 4. The lowest BCUT2D eigenvalue weighted by Gasteiger charge is -2.18. The van der Waals surface area contributed by atoms with Gasteiger partial charge in [0.2, 0.25) is 5.91 Å². The summed E-state index contributed by atoms with van der Waals surface area (Å²) >= 11 is 6.35. The number of aryl methyl sites for hydroxylation is 1. The molecule has 2 aromatic carbocycles. The normalized spacial score (nSPS) is 11.1. The molecule has 1 amide bonds. The zero-order valence-corrected chi connectivity index (χ0v) is 19.2. The number of benzene rings is 2. The molecule has 0 saturated heterocycles. The number of fused-ring (bicyclic) bond motifs is 1. The van der Waals surface area contributed by atoms with Gasteiger partial charge in [-0.25, -0.2) is 18.0 Å². The predicted octanol–water partition coefficient (Wildman–Crippen LogP) is 2.51. The van der Waals surface area contributed by atoms with Gasteiger partial charge in [-0.3, -0.25) is 23.4 Å².